The van der Waals surface area contributed by atoms with E-state index >= 15 is 0 Å². The summed E-state index contributed by atoms with van der Waals surface area (Å²) in [5.41, 5.74) is 0.413. The van der Waals surface area contributed by atoms with E-state index in [0.717, 1.165) is 0 Å². The summed E-state index contributed by atoms with van der Waals surface area (Å²) in [6, 6.07) is 6.88. The molecule has 3 amide bonds. The normalized spacial score (nSPS) is 14.6. The zero-order valence-electron chi connectivity index (χ0n) is 15.7. The van der Waals surface area contributed by atoms with Crippen LogP contribution in [0.4, 0.5) is 4.79 Å². The molecule has 7 nitrogen and oxygen atoms in total. The number of nitrogens with zero attached hydrogens (tertiary/aromatic N) is 2. The van der Waals surface area contributed by atoms with E-state index in [-0.39, 0.29) is 23.9 Å². The van der Waals surface area contributed by atoms with E-state index in [1.165, 1.54) is 6.92 Å². The number of carbonyl (C=O) groups is 3. The van der Waals surface area contributed by atoms with Crippen molar-refractivity contribution in [1.29, 1.82) is 0 Å². The van der Waals surface area contributed by atoms with Gasteiger partial charge in [-0.1, -0.05) is 23.7 Å². The number of hydrogen-bond acceptors (Lipinski definition) is 4. The average Bonchev–Trinajstić information content (AvgIpc) is 2.65. The van der Waals surface area contributed by atoms with Gasteiger partial charge in [0.1, 0.15) is 0 Å². The fourth-order valence-corrected chi connectivity index (χ4v) is 3.42. The molecule has 27 heavy (non-hydrogen) atoms. The summed E-state index contributed by atoms with van der Waals surface area (Å²) >= 11 is 6.03. The fourth-order valence-electron chi connectivity index (χ4n) is 3.20. The van der Waals surface area contributed by atoms with Crippen molar-refractivity contribution < 1.29 is 19.1 Å². The number of nitrogens with one attached hydrogen (secondary N) is 1. The maximum atomic E-state index is 12.2. The van der Waals surface area contributed by atoms with E-state index in [1.54, 1.807) is 41.0 Å². The molecular weight excluding hydrogens is 370 g/mol. The molecule has 1 aromatic rings. The lowest BCUT2D eigenvalue weighted by atomic mass is 10.0. The monoisotopic (exact) mass is 395 g/mol. The topological polar surface area (TPSA) is 79.0 Å². The number of ether oxygens (including phenoxy) is 1. The Morgan fingerprint density at radius 3 is 2.52 bits per heavy atom. The number of hydrogen-bond donors (Lipinski definition) is 1. The van der Waals surface area contributed by atoms with Gasteiger partial charge in [-0.3, -0.25) is 9.59 Å². The molecule has 0 bridgehead atoms. The highest BCUT2D eigenvalue weighted by Gasteiger charge is 2.28. The molecule has 0 aliphatic carbocycles. The molecule has 1 heterocycles. The van der Waals surface area contributed by atoms with Crippen molar-refractivity contribution in [1.82, 2.24) is 15.1 Å². The Balaban J connectivity index is 1.84. The Kier molecular flexibility index (Phi) is 7.91. The molecule has 1 saturated heterocycles. The van der Waals surface area contributed by atoms with Crippen LogP contribution in [0.3, 0.4) is 0 Å². The Bertz CT molecular complexity index is 675. The standard InChI is InChI=1S/C19H26ClN3O4/c1-3-27-19(26)22-11-8-15(9-12-22)23(14(2)24)13-10-21-18(25)16-6-4-5-7-17(16)20/h4-7,15H,3,8-13H2,1-2H3,(H,21,25). The van der Waals surface area contributed by atoms with E-state index in [1.807, 2.05) is 0 Å². The third-order valence-electron chi connectivity index (χ3n) is 4.59. The van der Waals surface area contributed by atoms with Crippen LogP contribution >= 0.6 is 11.6 Å². The zero-order chi connectivity index (χ0) is 19.8. The first-order valence-electron chi connectivity index (χ1n) is 9.15. The van der Waals surface area contributed by atoms with E-state index < -0.39 is 0 Å². The van der Waals surface area contributed by atoms with Gasteiger partial charge in [0, 0.05) is 39.1 Å². The van der Waals surface area contributed by atoms with Gasteiger partial charge in [0.25, 0.3) is 5.91 Å². The number of benzene rings is 1. The summed E-state index contributed by atoms with van der Waals surface area (Å²) < 4.78 is 5.02. The molecule has 148 valence electrons. The molecule has 0 radical (unpaired) electrons. The molecule has 1 aliphatic heterocycles. The second-order valence-electron chi connectivity index (χ2n) is 6.37. The Morgan fingerprint density at radius 2 is 1.93 bits per heavy atom. The molecule has 1 N–H and O–H groups in total. The fraction of sp³-hybridized carbons (Fsp3) is 0.526. The molecule has 0 atom stereocenters. The van der Waals surface area contributed by atoms with Crippen molar-refractivity contribution >= 4 is 29.5 Å². The Labute approximate surface area is 164 Å². The summed E-state index contributed by atoms with van der Waals surface area (Å²) in [4.78, 5) is 39.5. The SMILES string of the molecule is CCOC(=O)N1CCC(N(CCNC(=O)c2ccccc2Cl)C(C)=O)CC1. The average molecular weight is 396 g/mol. The van der Waals surface area contributed by atoms with Crippen molar-refractivity contribution in [2.45, 2.75) is 32.7 Å². The van der Waals surface area contributed by atoms with E-state index in [0.29, 0.717) is 56.2 Å². The number of halogens is 1. The highest BCUT2D eigenvalue weighted by molar-refractivity contribution is 6.33. The molecule has 8 heteroatoms. The lowest BCUT2D eigenvalue weighted by Gasteiger charge is -2.37. The first kappa shape index (κ1) is 21.0. The van der Waals surface area contributed by atoms with Crippen LogP contribution in [-0.4, -0.2) is 66.5 Å². The molecule has 0 aromatic heterocycles. The maximum absolute atomic E-state index is 12.2. The van der Waals surface area contributed by atoms with Crippen LogP contribution in [0.15, 0.2) is 24.3 Å². The third-order valence-corrected chi connectivity index (χ3v) is 4.92. The van der Waals surface area contributed by atoms with Crippen molar-refractivity contribution in [2.75, 3.05) is 32.8 Å². The van der Waals surface area contributed by atoms with Gasteiger partial charge in [-0.2, -0.15) is 0 Å². The van der Waals surface area contributed by atoms with Crippen LogP contribution in [0.5, 0.6) is 0 Å². The van der Waals surface area contributed by atoms with Crippen LogP contribution in [-0.2, 0) is 9.53 Å². The summed E-state index contributed by atoms with van der Waals surface area (Å²) in [5, 5.41) is 3.20. The minimum atomic E-state index is -0.308. The molecule has 1 aliphatic rings. The van der Waals surface area contributed by atoms with E-state index in [2.05, 4.69) is 5.32 Å². The van der Waals surface area contributed by atoms with Crippen LogP contribution < -0.4 is 5.32 Å². The first-order chi connectivity index (χ1) is 12.9. The summed E-state index contributed by atoms with van der Waals surface area (Å²) in [6.45, 7) is 5.51. The quantitative estimate of drug-likeness (QED) is 0.802. The van der Waals surface area contributed by atoms with Crippen LogP contribution in [0, 0.1) is 0 Å². The zero-order valence-corrected chi connectivity index (χ0v) is 16.5. The highest BCUT2D eigenvalue weighted by Crippen LogP contribution is 2.18. The van der Waals surface area contributed by atoms with Crippen LogP contribution in [0.1, 0.15) is 37.0 Å². The minimum Gasteiger partial charge on any atom is -0.450 e. The van der Waals surface area contributed by atoms with Gasteiger partial charge < -0.3 is 19.9 Å². The predicted molar refractivity (Wildman–Crippen MR) is 103 cm³/mol. The van der Waals surface area contributed by atoms with Gasteiger partial charge in [0.15, 0.2) is 0 Å². The predicted octanol–water partition coefficient (Wildman–Crippen LogP) is 2.54. The van der Waals surface area contributed by atoms with Crippen molar-refractivity contribution in [3.8, 4) is 0 Å². The number of rotatable bonds is 6. The van der Waals surface area contributed by atoms with Gasteiger partial charge in [-0.15, -0.1) is 0 Å². The van der Waals surface area contributed by atoms with Gasteiger partial charge in [0.2, 0.25) is 5.91 Å². The molecular formula is C19H26ClN3O4. The second-order valence-corrected chi connectivity index (χ2v) is 6.77. The molecule has 1 aromatic carbocycles. The molecule has 0 unspecified atom stereocenters. The van der Waals surface area contributed by atoms with Crippen LogP contribution in [0.25, 0.3) is 0 Å². The highest BCUT2D eigenvalue weighted by atomic mass is 35.5. The minimum absolute atomic E-state index is 0.0448. The summed E-state index contributed by atoms with van der Waals surface area (Å²) in [6.07, 6.45) is 1.07. The van der Waals surface area contributed by atoms with Crippen LogP contribution in [0.2, 0.25) is 5.02 Å². The molecule has 0 spiro atoms. The third kappa shape index (κ3) is 5.85. The largest absolute Gasteiger partial charge is 0.450 e. The van der Waals surface area contributed by atoms with Crippen molar-refractivity contribution in [3.05, 3.63) is 34.9 Å². The summed E-state index contributed by atoms with van der Waals surface area (Å²) in [7, 11) is 0. The second kappa shape index (κ2) is 10.2. The van der Waals surface area contributed by atoms with Gasteiger partial charge in [-0.05, 0) is 31.9 Å². The Hall–Kier alpha value is -2.28. The first-order valence-corrected chi connectivity index (χ1v) is 9.53. The molecule has 0 saturated carbocycles. The van der Waals surface area contributed by atoms with Gasteiger partial charge in [0.05, 0.1) is 17.2 Å². The number of piperidine rings is 1. The molecule has 1 fully saturated rings. The maximum Gasteiger partial charge on any atom is 0.409 e. The van der Waals surface area contributed by atoms with E-state index in [9.17, 15) is 14.4 Å². The van der Waals surface area contributed by atoms with Gasteiger partial charge >= 0.3 is 6.09 Å². The number of likely N-dealkylation sites (tertiary alicyclic amines) is 1. The summed E-state index contributed by atoms with van der Waals surface area (Å²) in [5.74, 6) is -0.308. The number of amides is 3. The smallest absolute Gasteiger partial charge is 0.409 e. The lowest BCUT2D eigenvalue weighted by Crippen LogP contribution is -2.50. The Morgan fingerprint density at radius 1 is 1.26 bits per heavy atom. The van der Waals surface area contributed by atoms with Crippen molar-refractivity contribution in [2.24, 2.45) is 0 Å². The van der Waals surface area contributed by atoms with Crippen molar-refractivity contribution in [3.63, 3.8) is 0 Å². The van der Waals surface area contributed by atoms with E-state index in [4.69, 9.17) is 16.3 Å². The van der Waals surface area contributed by atoms with Gasteiger partial charge in [-0.25, -0.2) is 4.79 Å². The number of carbonyl (C=O) groups excluding carboxylic acids is 3. The lowest BCUT2D eigenvalue weighted by molar-refractivity contribution is -0.131. The molecule has 2 rings (SSSR count).